The molecule has 0 aliphatic carbocycles. The van der Waals surface area contributed by atoms with Crippen LogP contribution in [0, 0.1) is 25.7 Å². The van der Waals surface area contributed by atoms with Gasteiger partial charge in [-0.15, -0.1) is 34.0 Å². The van der Waals surface area contributed by atoms with Crippen molar-refractivity contribution in [2.45, 2.75) is 150 Å². The molecule has 2 unspecified atom stereocenters. The van der Waals surface area contributed by atoms with Crippen LogP contribution in [0.3, 0.4) is 0 Å². The number of unbranched alkanes of at least 4 members (excludes halogenated alkanes) is 7. The van der Waals surface area contributed by atoms with Crippen LogP contribution in [0.2, 0.25) is 12.1 Å². The molecule has 2 atom stereocenters. The summed E-state index contributed by atoms with van der Waals surface area (Å²) in [5.41, 5.74) is 1.38. The molecule has 0 radical (unpaired) electrons. The summed E-state index contributed by atoms with van der Waals surface area (Å²) in [6, 6.07) is 7.84. The van der Waals surface area contributed by atoms with Crippen molar-refractivity contribution < 1.29 is 9.59 Å². The van der Waals surface area contributed by atoms with E-state index in [-0.39, 0.29) is 11.8 Å². The first-order valence-electron chi connectivity index (χ1n) is 19.0. The number of fused-ring (bicyclic) bond motifs is 4. The van der Waals surface area contributed by atoms with E-state index in [9.17, 15) is 9.59 Å². The number of amides is 2. The molecule has 0 N–H and O–H groups in total. The molecule has 258 valence electrons. The first kappa shape index (κ1) is 36.7. The predicted molar refractivity (Wildman–Crippen MR) is 210 cm³/mol. The zero-order valence-corrected chi connectivity index (χ0v) is 33.8. The SMILES string of the molecule is CCCCCCCCN1C(=O)c2c(C)sc(-c3cc4c(s3)-c3sc(C)cc3[Si]4(CC(CC)CCCC)CC(CC)CCCC)c2C1=O. The second-order valence-corrected chi connectivity index (χ2v) is 22.1. The molecule has 3 nitrogen and oxygen atoms in total. The highest BCUT2D eigenvalue weighted by molar-refractivity contribution is 7.32. The fourth-order valence-corrected chi connectivity index (χ4v) is 20.0. The molecular weight excluding hydrogens is 651 g/mol. The van der Waals surface area contributed by atoms with E-state index in [4.69, 9.17) is 0 Å². The van der Waals surface area contributed by atoms with Crippen LogP contribution >= 0.6 is 34.0 Å². The molecule has 5 heterocycles. The topological polar surface area (TPSA) is 37.4 Å². The summed E-state index contributed by atoms with van der Waals surface area (Å²) < 4.78 is 0. The van der Waals surface area contributed by atoms with Gasteiger partial charge in [-0.05, 0) is 66.7 Å². The molecule has 5 rings (SSSR count). The first-order chi connectivity index (χ1) is 22.7. The van der Waals surface area contributed by atoms with Crippen LogP contribution < -0.4 is 10.4 Å². The smallest absolute Gasteiger partial charge is 0.263 e. The Bertz CT molecular complexity index is 1510. The summed E-state index contributed by atoms with van der Waals surface area (Å²) in [5, 5.41) is 3.38. The summed E-state index contributed by atoms with van der Waals surface area (Å²) in [7, 11) is -2.06. The van der Waals surface area contributed by atoms with Crippen LogP contribution in [0.25, 0.3) is 19.5 Å². The molecule has 0 fully saturated rings. The number of hydrogen-bond acceptors (Lipinski definition) is 5. The van der Waals surface area contributed by atoms with Gasteiger partial charge in [0.05, 0.1) is 16.0 Å². The summed E-state index contributed by atoms with van der Waals surface area (Å²) in [5.74, 6) is 1.40. The summed E-state index contributed by atoms with van der Waals surface area (Å²) >= 11 is 5.61. The fraction of sp³-hybridized carbons (Fsp3) is 0.650. The van der Waals surface area contributed by atoms with E-state index < -0.39 is 8.07 Å². The number of rotatable bonds is 20. The van der Waals surface area contributed by atoms with Crippen molar-refractivity contribution in [3.63, 3.8) is 0 Å². The summed E-state index contributed by atoms with van der Waals surface area (Å²) in [6.45, 7) is 16.6. The van der Waals surface area contributed by atoms with Gasteiger partial charge in [0, 0.05) is 30.9 Å². The molecule has 0 saturated heterocycles. The second-order valence-electron chi connectivity index (χ2n) is 14.5. The minimum absolute atomic E-state index is 0.0566. The van der Waals surface area contributed by atoms with Gasteiger partial charge in [-0.3, -0.25) is 14.5 Å². The molecule has 2 aliphatic rings. The quantitative estimate of drug-likeness (QED) is 0.0665. The molecule has 7 heteroatoms. The molecule has 3 aromatic heterocycles. The Hall–Kier alpha value is -1.54. The minimum Gasteiger partial charge on any atom is -0.274 e. The lowest BCUT2D eigenvalue weighted by molar-refractivity contribution is 0.0651. The Morgan fingerprint density at radius 1 is 0.638 bits per heavy atom. The zero-order chi connectivity index (χ0) is 33.7. The van der Waals surface area contributed by atoms with E-state index in [1.165, 1.54) is 109 Å². The molecule has 2 aliphatic heterocycles. The maximum absolute atomic E-state index is 14.0. The third kappa shape index (κ3) is 7.34. The molecule has 0 aromatic carbocycles. The lowest BCUT2D eigenvalue weighted by Gasteiger charge is -2.35. The van der Waals surface area contributed by atoms with E-state index in [1.807, 2.05) is 29.6 Å². The summed E-state index contributed by atoms with van der Waals surface area (Å²) in [6.07, 6.45) is 17.2. The van der Waals surface area contributed by atoms with Gasteiger partial charge in [-0.1, -0.05) is 118 Å². The maximum atomic E-state index is 14.0. The van der Waals surface area contributed by atoms with Crippen LogP contribution in [0.1, 0.15) is 155 Å². The zero-order valence-electron chi connectivity index (χ0n) is 30.3. The van der Waals surface area contributed by atoms with E-state index >= 15 is 0 Å². The molecule has 3 aromatic rings. The highest BCUT2D eigenvalue weighted by Gasteiger charge is 2.50. The van der Waals surface area contributed by atoms with Gasteiger partial charge in [0.15, 0.2) is 0 Å². The molecule has 0 bridgehead atoms. The fourth-order valence-electron chi connectivity index (χ4n) is 8.40. The van der Waals surface area contributed by atoms with Crippen molar-refractivity contribution in [1.29, 1.82) is 0 Å². The number of imide groups is 1. The molecule has 2 amide bonds. The monoisotopic (exact) mass is 709 g/mol. The third-order valence-electron chi connectivity index (χ3n) is 11.1. The average molecular weight is 710 g/mol. The third-order valence-corrected chi connectivity index (χ3v) is 20.5. The molecule has 0 saturated carbocycles. The number of carbonyl (C=O) groups is 2. The Morgan fingerprint density at radius 3 is 1.81 bits per heavy atom. The van der Waals surface area contributed by atoms with Crippen LogP contribution in [-0.4, -0.2) is 31.3 Å². The van der Waals surface area contributed by atoms with Gasteiger partial charge < -0.3 is 0 Å². The van der Waals surface area contributed by atoms with Crippen LogP contribution in [0.4, 0.5) is 0 Å². The Kier molecular flexibility index (Phi) is 12.8. The maximum Gasteiger partial charge on any atom is 0.263 e. The van der Waals surface area contributed by atoms with Gasteiger partial charge in [0.2, 0.25) is 0 Å². The van der Waals surface area contributed by atoms with E-state index in [1.54, 1.807) is 26.6 Å². The van der Waals surface area contributed by atoms with Crippen LogP contribution in [-0.2, 0) is 0 Å². The van der Waals surface area contributed by atoms with Crippen molar-refractivity contribution in [1.82, 2.24) is 4.90 Å². The van der Waals surface area contributed by atoms with Gasteiger partial charge in [0.25, 0.3) is 11.8 Å². The Labute approximate surface area is 298 Å². The van der Waals surface area contributed by atoms with Crippen molar-refractivity contribution >= 4 is 64.3 Å². The van der Waals surface area contributed by atoms with Crippen LogP contribution in [0.15, 0.2) is 12.1 Å². The lowest BCUT2D eigenvalue weighted by Crippen LogP contribution is -2.56. The van der Waals surface area contributed by atoms with Gasteiger partial charge in [-0.25, -0.2) is 0 Å². The van der Waals surface area contributed by atoms with E-state index in [0.717, 1.165) is 34.4 Å². The second kappa shape index (κ2) is 16.4. The number of aryl methyl sites for hydroxylation is 2. The normalized spacial score (nSPS) is 18.2. The van der Waals surface area contributed by atoms with Crippen LogP contribution in [0.5, 0.6) is 0 Å². The van der Waals surface area contributed by atoms with Crippen molar-refractivity contribution in [3.8, 4) is 19.5 Å². The number of thiophene rings is 3. The van der Waals surface area contributed by atoms with Crippen molar-refractivity contribution in [2.75, 3.05) is 6.54 Å². The summed E-state index contributed by atoms with van der Waals surface area (Å²) in [4.78, 5) is 36.9. The largest absolute Gasteiger partial charge is 0.274 e. The van der Waals surface area contributed by atoms with E-state index in [0.29, 0.717) is 17.7 Å². The van der Waals surface area contributed by atoms with Crippen molar-refractivity contribution in [3.05, 3.63) is 33.0 Å². The lowest BCUT2D eigenvalue weighted by atomic mass is 10.0. The number of hydrogen-bond donors (Lipinski definition) is 0. The van der Waals surface area contributed by atoms with Crippen molar-refractivity contribution in [2.24, 2.45) is 11.8 Å². The highest BCUT2D eigenvalue weighted by Crippen LogP contribution is 2.50. The standard InChI is InChI=1S/C40H59NO2S3Si/c1-8-13-16-17-18-19-22-41-39(42)34-28(7)45-36(35(34)40(41)43)31-24-33-38(46-31)37-32(23-27(6)44-37)47(33,25-29(11-4)20-14-9-2)26-30(12-5)21-15-10-3/h23-24,29-30H,8-22,25-26H2,1-7H3. The highest BCUT2D eigenvalue weighted by atomic mass is 32.1. The first-order valence-corrected chi connectivity index (χ1v) is 23.9. The number of nitrogens with zero attached hydrogens (tertiary/aromatic N) is 1. The van der Waals surface area contributed by atoms with Gasteiger partial charge >= 0.3 is 0 Å². The van der Waals surface area contributed by atoms with E-state index in [2.05, 4.69) is 53.7 Å². The Morgan fingerprint density at radius 2 is 1.19 bits per heavy atom. The van der Waals surface area contributed by atoms with Gasteiger partial charge in [0.1, 0.15) is 8.07 Å². The number of carbonyl (C=O) groups excluding carboxylic acids is 2. The van der Waals surface area contributed by atoms with Gasteiger partial charge in [-0.2, -0.15) is 0 Å². The molecular formula is C40H59NO2S3Si. The average Bonchev–Trinajstić information content (AvgIpc) is 3.85. The molecule has 47 heavy (non-hydrogen) atoms. The minimum atomic E-state index is -2.06. The predicted octanol–water partition coefficient (Wildman–Crippen LogP) is 12.1. The Balaban J connectivity index is 1.54. The molecule has 0 spiro atoms.